The summed E-state index contributed by atoms with van der Waals surface area (Å²) in [6.45, 7) is 10.00. The van der Waals surface area contributed by atoms with Gasteiger partial charge in [-0.1, -0.05) is 120 Å². The van der Waals surface area contributed by atoms with E-state index in [1.54, 1.807) is 63.0 Å². The lowest BCUT2D eigenvalue weighted by Crippen LogP contribution is -2.23. The molecule has 2 aromatic heterocycles. The van der Waals surface area contributed by atoms with E-state index in [1.165, 1.54) is 74.1 Å². The molecule has 430 valence electrons. The number of ether oxygens (including phenoxy) is 2. The minimum Gasteiger partial charge on any atom is -0.495 e. The van der Waals surface area contributed by atoms with E-state index in [0.717, 1.165) is 46.4 Å². The van der Waals surface area contributed by atoms with Crippen molar-refractivity contribution in [1.82, 2.24) is 24.4 Å². The summed E-state index contributed by atoms with van der Waals surface area (Å²) >= 11 is 17.9. The molecule has 0 amide bonds. The van der Waals surface area contributed by atoms with Crippen molar-refractivity contribution in [2.75, 3.05) is 40.5 Å². The van der Waals surface area contributed by atoms with Gasteiger partial charge in [0.25, 0.3) is 0 Å². The molecule has 3 heterocycles. The van der Waals surface area contributed by atoms with E-state index in [1.807, 2.05) is 67.0 Å². The Balaban J connectivity index is 0.000000229. The molecule has 9 nitrogen and oxygen atoms in total. The van der Waals surface area contributed by atoms with Crippen LogP contribution in [0.25, 0.3) is 11.4 Å². The topological polar surface area (TPSA) is 107 Å². The van der Waals surface area contributed by atoms with Crippen LogP contribution in [0.15, 0.2) is 136 Å². The first-order valence-corrected chi connectivity index (χ1v) is 28.8. The smallest absolute Gasteiger partial charge is 0.173 e. The Bertz CT molecular complexity index is 3510. The number of terminal acetylenes is 1. The first-order valence-electron chi connectivity index (χ1n) is 25.3. The highest BCUT2D eigenvalue weighted by Gasteiger charge is 2.32. The third kappa shape index (κ3) is 16.5. The molecule has 6 aromatic carbocycles. The fraction of sp³-hybridized carbons (Fsp3) is 0.258. The zero-order chi connectivity index (χ0) is 59.7. The average molecular weight is 1270 g/mol. The third-order valence-corrected chi connectivity index (χ3v) is 16.0. The Morgan fingerprint density at radius 3 is 1.35 bits per heavy atom. The van der Waals surface area contributed by atoms with Crippen molar-refractivity contribution in [2.45, 2.75) is 73.2 Å². The molecule has 82 heavy (non-hydrogen) atoms. The number of methoxy groups -OCH3 is 2. The number of thioether (sulfide) groups is 2. The number of nitrogens with one attached hydrogen (secondary N) is 1. The van der Waals surface area contributed by atoms with Crippen LogP contribution in [0, 0.1) is 59.1 Å². The maximum atomic E-state index is 14.8. The van der Waals surface area contributed by atoms with E-state index < -0.39 is 40.7 Å². The number of hydrogen-bond donors (Lipinski definition) is 3. The first-order chi connectivity index (χ1) is 39.2. The van der Waals surface area contributed by atoms with Crippen molar-refractivity contribution >= 4 is 62.7 Å². The van der Waals surface area contributed by atoms with E-state index in [-0.39, 0.29) is 46.4 Å². The van der Waals surface area contributed by atoms with Crippen LogP contribution in [-0.4, -0.2) is 69.8 Å². The zero-order valence-corrected chi connectivity index (χ0v) is 50.2. The average Bonchev–Trinajstić information content (AvgIpc) is 4.46. The molecule has 9 rings (SSSR count). The quantitative estimate of drug-likeness (QED) is 0.0557. The van der Waals surface area contributed by atoms with Crippen LogP contribution in [0.1, 0.15) is 79.7 Å². The Morgan fingerprint density at radius 2 is 1.01 bits per heavy atom. The predicted molar refractivity (Wildman–Crippen MR) is 319 cm³/mol. The molecule has 0 spiro atoms. The van der Waals surface area contributed by atoms with Gasteiger partial charge in [-0.2, -0.15) is 0 Å². The molecular weight excluding hydrogens is 1210 g/mol. The lowest BCUT2D eigenvalue weighted by Gasteiger charge is -2.28. The molecule has 8 aromatic rings. The van der Waals surface area contributed by atoms with Gasteiger partial charge in [-0.05, 0) is 134 Å². The summed E-state index contributed by atoms with van der Waals surface area (Å²) in [7, 11) is 3.09. The number of rotatable bonds is 14. The van der Waals surface area contributed by atoms with Gasteiger partial charge in [-0.25, -0.2) is 36.3 Å². The summed E-state index contributed by atoms with van der Waals surface area (Å²) in [6, 6.07) is 27.7. The summed E-state index contributed by atoms with van der Waals surface area (Å²) in [5, 5.41) is 21.7. The number of hydrogen-bond acceptors (Lipinski definition) is 9. The van der Waals surface area contributed by atoms with Crippen molar-refractivity contribution in [3.8, 4) is 47.1 Å². The maximum absolute atomic E-state index is 14.8. The van der Waals surface area contributed by atoms with E-state index >= 15 is 0 Å². The minimum absolute atomic E-state index is 0.0256. The Kier molecular flexibility index (Phi) is 24.0. The van der Waals surface area contributed by atoms with E-state index in [9.17, 15) is 26.3 Å². The summed E-state index contributed by atoms with van der Waals surface area (Å²) in [5.41, 5.74) is 3.49. The molecule has 1 saturated heterocycles. The number of benzene rings is 6. The minimum atomic E-state index is -0.742. The van der Waals surface area contributed by atoms with Crippen molar-refractivity contribution in [3.63, 3.8) is 0 Å². The number of halogens is 9. The number of nitrogens with zero attached hydrogens (tertiary/aromatic N) is 4. The second-order valence-corrected chi connectivity index (χ2v) is 22.7. The van der Waals surface area contributed by atoms with Crippen molar-refractivity contribution < 1.29 is 46.0 Å². The fourth-order valence-electron chi connectivity index (χ4n) is 8.39. The van der Waals surface area contributed by atoms with Gasteiger partial charge in [-0.3, -0.25) is 9.13 Å². The van der Waals surface area contributed by atoms with Gasteiger partial charge in [0.05, 0.1) is 48.0 Å². The van der Waals surface area contributed by atoms with Crippen LogP contribution < -0.4 is 14.8 Å². The number of imidazole rings is 2. The molecule has 1 fully saturated rings. The maximum Gasteiger partial charge on any atom is 0.173 e. The van der Waals surface area contributed by atoms with Crippen molar-refractivity contribution in [2.24, 2.45) is 0 Å². The number of aromatic nitrogens is 4. The molecule has 0 saturated carbocycles. The molecule has 0 aliphatic carbocycles. The molecule has 0 radical (unpaired) electrons. The molecule has 0 atom stereocenters. The highest BCUT2D eigenvalue weighted by atomic mass is 79.9. The van der Waals surface area contributed by atoms with Crippen LogP contribution in [0.4, 0.5) is 26.3 Å². The molecule has 20 heteroatoms. The van der Waals surface area contributed by atoms with Gasteiger partial charge >= 0.3 is 0 Å². The number of aliphatic hydroxyl groups excluding tert-OH is 2. The van der Waals surface area contributed by atoms with E-state index in [0.29, 0.717) is 47.7 Å². The second-order valence-electron chi connectivity index (χ2n) is 19.0. The van der Waals surface area contributed by atoms with Crippen LogP contribution in [0.3, 0.4) is 0 Å². The van der Waals surface area contributed by atoms with E-state index in [2.05, 4.69) is 49.5 Å². The highest BCUT2D eigenvalue weighted by Crippen LogP contribution is 2.42. The summed E-state index contributed by atoms with van der Waals surface area (Å²) in [6.07, 6.45) is 10.7. The van der Waals surface area contributed by atoms with Crippen LogP contribution >= 0.6 is 62.7 Å². The standard InChI is InChI=1S/C29H24ClF3N2O2S.C26H21BrClF3N2OS.C4H9N.C3H4O/c1-29(2,19-6-11-23(30)26(15-19)37-3)27-16-34-28(35(27)21-9-7-20(31)8-10-21)38-17-22-24(32)13-18(5-4-12-36)14-25(22)33;1-26(2,15-4-9-20(28)23(10-15)34-3)24-13-32-25(33(24)18-7-5-17(29)6-8-18)35-14-19-21(30)11-16(27)12-22(19)31;1-2-4-5-3-1;1-2-3-4/h6-11,13-16,36H,12,17H2,1-3H3;4-13H,14H2,1-3H3;5H,1-4H2;1,4H,3H2. The first kappa shape index (κ1) is 64.8. The van der Waals surface area contributed by atoms with Gasteiger partial charge in [0.2, 0.25) is 0 Å². The van der Waals surface area contributed by atoms with Gasteiger partial charge in [0.1, 0.15) is 59.6 Å². The fourth-order valence-corrected chi connectivity index (χ4v) is 11.2. The lowest BCUT2D eigenvalue weighted by molar-refractivity contribution is 0.350. The normalized spacial score (nSPS) is 11.9. The SMILES string of the molecule is C#CCO.C1CCNC1.COc1cc(C(C)(C)c2cnc(SCc3c(F)cc(Br)cc3F)n2-c2ccc(F)cc2)ccc1Cl.COc1cc(C(C)(C)c2cnc(SCc3c(F)cc(C#CCO)cc3F)n2-c2ccc(F)cc2)ccc1Cl. The Labute approximate surface area is 500 Å². The lowest BCUT2D eigenvalue weighted by atomic mass is 9.81. The van der Waals surface area contributed by atoms with Gasteiger partial charge in [-0.15, -0.1) is 6.42 Å². The monoisotopic (exact) mass is 1260 g/mol. The van der Waals surface area contributed by atoms with Crippen molar-refractivity contribution in [1.29, 1.82) is 0 Å². The molecule has 0 bridgehead atoms. The number of aliphatic hydroxyl groups is 2. The Hall–Kier alpha value is -6.32. The van der Waals surface area contributed by atoms with Crippen LogP contribution in [0.5, 0.6) is 11.5 Å². The molecule has 1 aliphatic rings. The molecular formula is C62H58BrCl2F6N5O4S2. The summed E-state index contributed by atoms with van der Waals surface area (Å²) < 4.78 is 101. The van der Waals surface area contributed by atoms with Gasteiger partial charge < -0.3 is 25.0 Å². The predicted octanol–water partition coefficient (Wildman–Crippen LogP) is 15.2. The second kappa shape index (κ2) is 30.3. The molecule has 3 N–H and O–H groups in total. The van der Waals surface area contributed by atoms with Gasteiger partial charge in [0.15, 0.2) is 10.3 Å². The third-order valence-electron chi connectivity index (χ3n) is 13.0. The van der Waals surface area contributed by atoms with Crippen LogP contribution in [-0.2, 0) is 22.3 Å². The zero-order valence-electron chi connectivity index (χ0n) is 45.5. The Morgan fingerprint density at radius 1 is 0.622 bits per heavy atom. The van der Waals surface area contributed by atoms with E-state index in [4.69, 9.17) is 42.9 Å². The van der Waals surface area contributed by atoms with Crippen molar-refractivity contribution in [3.05, 3.63) is 210 Å². The largest absolute Gasteiger partial charge is 0.495 e. The summed E-state index contributed by atoms with van der Waals surface area (Å²) in [4.78, 5) is 9.16. The van der Waals surface area contributed by atoms with Crippen LogP contribution in [0.2, 0.25) is 10.0 Å². The van der Waals surface area contributed by atoms with Gasteiger partial charge in [0, 0.05) is 54.9 Å². The molecule has 0 unspecified atom stereocenters. The molecule has 1 aliphatic heterocycles. The highest BCUT2D eigenvalue weighted by molar-refractivity contribution is 9.10. The summed E-state index contributed by atoms with van der Waals surface area (Å²) in [5.74, 6) is 4.40.